The van der Waals surface area contributed by atoms with Crippen LogP contribution in [0.2, 0.25) is 0 Å². The summed E-state index contributed by atoms with van der Waals surface area (Å²) in [6, 6.07) is 5.20. The summed E-state index contributed by atoms with van der Waals surface area (Å²) in [5, 5.41) is 2.78. The standard InChI is InChI=1S/C12H11BrF3N3/c13-7-1-2-8-9(5-7)19-10(18-8)11(12(14,15)16)3-4-17-6-11/h1-2,5,17H,3-4,6H2,(H,18,19). The molecule has 3 rings (SSSR count). The molecule has 1 atom stereocenters. The van der Waals surface area contributed by atoms with Gasteiger partial charge in [-0.05, 0) is 31.2 Å². The molecule has 2 aromatic rings. The van der Waals surface area contributed by atoms with E-state index < -0.39 is 11.6 Å². The van der Waals surface area contributed by atoms with E-state index in [2.05, 4.69) is 31.2 Å². The van der Waals surface area contributed by atoms with Crippen LogP contribution in [0.5, 0.6) is 0 Å². The van der Waals surface area contributed by atoms with Crippen LogP contribution in [0.25, 0.3) is 11.0 Å². The average molecular weight is 334 g/mol. The first-order chi connectivity index (χ1) is 8.92. The maximum absolute atomic E-state index is 13.4. The topological polar surface area (TPSA) is 40.7 Å². The molecule has 0 amide bonds. The van der Waals surface area contributed by atoms with E-state index in [0.29, 0.717) is 17.6 Å². The predicted molar refractivity (Wildman–Crippen MR) is 69.0 cm³/mol. The number of nitrogens with zero attached hydrogens (tertiary/aromatic N) is 1. The molecule has 1 aliphatic heterocycles. The lowest BCUT2D eigenvalue weighted by Gasteiger charge is -2.28. The van der Waals surface area contributed by atoms with Crippen molar-refractivity contribution >= 4 is 27.0 Å². The van der Waals surface area contributed by atoms with Crippen molar-refractivity contribution in [3.05, 3.63) is 28.5 Å². The van der Waals surface area contributed by atoms with Crippen LogP contribution in [0, 0.1) is 0 Å². The summed E-state index contributed by atoms with van der Waals surface area (Å²) in [6.07, 6.45) is -4.31. The molecule has 1 unspecified atom stereocenters. The second-order valence-corrected chi connectivity index (χ2v) is 5.67. The van der Waals surface area contributed by atoms with Gasteiger partial charge in [0, 0.05) is 11.0 Å². The molecule has 1 aliphatic rings. The van der Waals surface area contributed by atoms with Crippen LogP contribution in [0.1, 0.15) is 12.2 Å². The SMILES string of the molecule is FC(F)(F)C1(c2nc3ccc(Br)cc3[nH]2)CCNC1. The number of rotatable bonds is 1. The zero-order valence-electron chi connectivity index (χ0n) is 9.81. The van der Waals surface area contributed by atoms with Crippen LogP contribution >= 0.6 is 15.9 Å². The summed E-state index contributed by atoms with van der Waals surface area (Å²) in [7, 11) is 0. The molecule has 3 nitrogen and oxygen atoms in total. The Balaban J connectivity index is 2.16. The highest BCUT2D eigenvalue weighted by Crippen LogP contribution is 2.44. The fraction of sp³-hybridized carbons (Fsp3) is 0.417. The van der Waals surface area contributed by atoms with Crippen molar-refractivity contribution in [1.82, 2.24) is 15.3 Å². The van der Waals surface area contributed by atoms with Crippen molar-refractivity contribution in [2.45, 2.75) is 18.0 Å². The van der Waals surface area contributed by atoms with Crippen molar-refractivity contribution in [3.63, 3.8) is 0 Å². The molecule has 0 radical (unpaired) electrons. The molecule has 2 heterocycles. The molecule has 0 spiro atoms. The lowest BCUT2D eigenvalue weighted by molar-refractivity contribution is -0.186. The second-order valence-electron chi connectivity index (χ2n) is 4.75. The number of imidazole rings is 1. The predicted octanol–water partition coefficient (Wildman–Crippen LogP) is 3.12. The number of halogens is 4. The van der Waals surface area contributed by atoms with Gasteiger partial charge in [0.2, 0.25) is 0 Å². The van der Waals surface area contributed by atoms with Gasteiger partial charge in [0.1, 0.15) is 11.2 Å². The summed E-state index contributed by atoms with van der Waals surface area (Å²) in [6.45, 7) is 0.220. The Morgan fingerprint density at radius 2 is 2.11 bits per heavy atom. The van der Waals surface area contributed by atoms with Crippen LogP contribution in [-0.4, -0.2) is 29.2 Å². The van der Waals surface area contributed by atoms with Gasteiger partial charge in [-0.2, -0.15) is 13.2 Å². The van der Waals surface area contributed by atoms with E-state index in [9.17, 15) is 13.2 Å². The minimum absolute atomic E-state index is 0.00176. The quantitative estimate of drug-likeness (QED) is 0.841. The molecular weight excluding hydrogens is 323 g/mol. The highest BCUT2D eigenvalue weighted by Gasteiger charge is 2.59. The fourth-order valence-electron chi connectivity index (χ4n) is 2.48. The monoisotopic (exact) mass is 333 g/mol. The first kappa shape index (κ1) is 12.9. The highest BCUT2D eigenvalue weighted by molar-refractivity contribution is 9.10. The molecule has 7 heteroatoms. The number of aromatic nitrogens is 2. The Hall–Kier alpha value is -1.08. The van der Waals surface area contributed by atoms with E-state index in [1.807, 2.05) is 0 Å². The number of hydrogen-bond donors (Lipinski definition) is 2. The molecule has 19 heavy (non-hydrogen) atoms. The smallest absolute Gasteiger partial charge is 0.341 e. The zero-order chi connectivity index (χ0) is 13.7. The van der Waals surface area contributed by atoms with Crippen LogP contribution in [0.4, 0.5) is 13.2 Å². The maximum Gasteiger partial charge on any atom is 0.402 e. The molecule has 0 aliphatic carbocycles. The summed E-state index contributed by atoms with van der Waals surface area (Å²) in [5.74, 6) is -0.00176. The number of alkyl halides is 3. The number of fused-ring (bicyclic) bond motifs is 1. The Morgan fingerprint density at radius 1 is 1.32 bits per heavy atom. The molecule has 1 aromatic carbocycles. The van der Waals surface area contributed by atoms with Crippen LogP contribution < -0.4 is 5.32 Å². The van der Waals surface area contributed by atoms with Gasteiger partial charge in [0.05, 0.1) is 11.0 Å². The fourth-order valence-corrected chi connectivity index (χ4v) is 2.84. The first-order valence-corrected chi connectivity index (χ1v) is 6.65. The zero-order valence-corrected chi connectivity index (χ0v) is 11.4. The van der Waals surface area contributed by atoms with Gasteiger partial charge in [-0.25, -0.2) is 4.98 Å². The summed E-state index contributed by atoms with van der Waals surface area (Å²) < 4.78 is 41.0. The van der Waals surface area contributed by atoms with Gasteiger partial charge < -0.3 is 10.3 Å². The van der Waals surface area contributed by atoms with Gasteiger partial charge in [-0.3, -0.25) is 0 Å². The Morgan fingerprint density at radius 3 is 2.74 bits per heavy atom. The molecule has 1 aromatic heterocycles. The Kier molecular flexibility index (Phi) is 2.86. The van der Waals surface area contributed by atoms with E-state index in [1.165, 1.54) is 0 Å². The van der Waals surface area contributed by atoms with Gasteiger partial charge in [0.25, 0.3) is 0 Å². The Bertz CT molecular complexity index is 614. The van der Waals surface area contributed by atoms with E-state index in [-0.39, 0.29) is 18.8 Å². The largest absolute Gasteiger partial charge is 0.402 e. The lowest BCUT2D eigenvalue weighted by Crippen LogP contribution is -2.45. The molecule has 0 saturated carbocycles. The molecule has 1 fully saturated rings. The van der Waals surface area contributed by atoms with Crippen LogP contribution in [0.3, 0.4) is 0 Å². The summed E-state index contributed by atoms with van der Waals surface area (Å²) in [4.78, 5) is 6.96. The third kappa shape index (κ3) is 1.95. The highest BCUT2D eigenvalue weighted by atomic mass is 79.9. The minimum atomic E-state index is -4.32. The first-order valence-electron chi connectivity index (χ1n) is 5.86. The van der Waals surface area contributed by atoms with Crippen LogP contribution in [-0.2, 0) is 5.41 Å². The molecule has 1 saturated heterocycles. The van der Waals surface area contributed by atoms with E-state index in [0.717, 1.165) is 4.47 Å². The van der Waals surface area contributed by atoms with Crippen molar-refractivity contribution < 1.29 is 13.2 Å². The lowest BCUT2D eigenvalue weighted by atomic mass is 9.85. The van der Waals surface area contributed by atoms with Crippen molar-refractivity contribution in [3.8, 4) is 0 Å². The number of hydrogen-bond acceptors (Lipinski definition) is 2. The summed E-state index contributed by atoms with van der Waals surface area (Å²) >= 11 is 3.30. The van der Waals surface area contributed by atoms with Gasteiger partial charge in [-0.15, -0.1) is 0 Å². The van der Waals surface area contributed by atoms with Crippen molar-refractivity contribution in [2.75, 3.05) is 13.1 Å². The maximum atomic E-state index is 13.4. The molecule has 2 N–H and O–H groups in total. The Labute approximate surface area is 115 Å². The molecular formula is C12H11BrF3N3. The number of benzene rings is 1. The van der Waals surface area contributed by atoms with E-state index in [1.54, 1.807) is 18.2 Å². The normalized spacial score (nSPS) is 24.2. The molecule has 0 bridgehead atoms. The van der Waals surface area contributed by atoms with E-state index in [4.69, 9.17) is 0 Å². The number of H-pyrrole nitrogens is 1. The average Bonchev–Trinajstić information content (AvgIpc) is 2.93. The third-order valence-electron chi connectivity index (χ3n) is 3.60. The van der Waals surface area contributed by atoms with E-state index >= 15 is 0 Å². The van der Waals surface area contributed by atoms with Gasteiger partial charge >= 0.3 is 6.18 Å². The van der Waals surface area contributed by atoms with Crippen LogP contribution in [0.15, 0.2) is 22.7 Å². The second kappa shape index (κ2) is 4.21. The van der Waals surface area contributed by atoms with Gasteiger partial charge in [-0.1, -0.05) is 15.9 Å². The number of nitrogens with one attached hydrogen (secondary N) is 2. The third-order valence-corrected chi connectivity index (χ3v) is 4.09. The van der Waals surface area contributed by atoms with Crippen molar-refractivity contribution in [2.24, 2.45) is 0 Å². The number of aromatic amines is 1. The minimum Gasteiger partial charge on any atom is -0.341 e. The van der Waals surface area contributed by atoms with Gasteiger partial charge in [0.15, 0.2) is 0 Å². The van der Waals surface area contributed by atoms with Crippen molar-refractivity contribution in [1.29, 1.82) is 0 Å². The molecule has 102 valence electrons. The summed E-state index contributed by atoms with van der Waals surface area (Å²) in [5.41, 5.74) is -0.744.